The average molecular weight is 322 g/mol. The molecule has 0 radical (unpaired) electrons. The third kappa shape index (κ3) is 7.49. The summed E-state index contributed by atoms with van der Waals surface area (Å²) in [5.74, 6) is -1.36. The highest BCUT2D eigenvalue weighted by Gasteiger charge is 2.31. The van der Waals surface area contributed by atoms with Gasteiger partial charge in [0.25, 0.3) is 0 Å². The molecule has 0 aliphatic heterocycles. The molecule has 0 amide bonds. The third-order valence-corrected chi connectivity index (χ3v) is 4.77. The van der Waals surface area contributed by atoms with Gasteiger partial charge in [-0.25, -0.2) is 0 Å². The van der Waals surface area contributed by atoms with Gasteiger partial charge in [0.2, 0.25) is 0 Å². The summed E-state index contributed by atoms with van der Waals surface area (Å²) < 4.78 is 0. The maximum atomic E-state index is 10.9. The monoisotopic (exact) mass is 322 g/mol. The number of carbonyl (C=O) groups is 2. The van der Waals surface area contributed by atoms with E-state index in [2.05, 4.69) is 24.3 Å². The molecule has 0 aromatic heterocycles. The van der Waals surface area contributed by atoms with Gasteiger partial charge >= 0.3 is 11.9 Å². The van der Waals surface area contributed by atoms with Gasteiger partial charge in [0, 0.05) is 0 Å². The second-order valence-corrected chi connectivity index (χ2v) is 6.78. The van der Waals surface area contributed by atoms with Crippen LogP contribution in [-0.4, -0.2) is 22.2 Å². The van der Waals surface area contributed by atoms with Gasteiger partial charge in [0.15, 0.2) is 0 Å². The van der Waals surface area contributed by atoms with E-state index in [1.807, 2.05) is 6.92 Å². The first kappa shape index (κ1) is 19.5. The van der Waals surface area contributed by atoms with Gasteiger partial charge in [0.1, 0.15) is 0 Å². The Kier molecular flexibility index (Phi) is 8.67. The van der Waals surface area contributed by atoms with Crippen molar-refractivity contribution in [3.8, 4) is 0 Å². The van der Waals surface area contributed by atoms with E-state index in [-0.39, 0.29) is 5.92 Å². The summed E-state index contributed by atoms with van der Waals surface area (Å²) >= 11 is 0. The van der Waals surface area contributed by atoms with Crippen molar-refractivity contribution in [2.75, 3.05) is 0 Å². The molecule has 4 heteroatoms. The highest BCUT2D eigenvalue weighted by Crippen LogP contribution is 2.31. The normalized spacial score (nSPS) is 31.1. The molecule has 130 valence electrons. The van der Waals surface area contributed by atoms with Crippen molar-refractivity contribution < 1.29 is 19.8 Å². The van der Waals surface area contributed by atoms with E-state index in [0.29, 0.717) is 0 Å². The van der Waals surface area contributed by atoms with Gasteiger partial charge < -0.3 is 10.2 Å². The van der Waals surface area contributed by atoms with Gasteiger partial charge in [0.05, 0.1) is 11.3 Å². The van der Waals surface area contributed by atoms with Gasteiger partial charge in [-0.1, -0.05) is 24.3 Å². The fourth-order valence-corrected chi connectivity index (χ4v) is 2.99. The van der Waals surface area contributed by atoms with Crippen LogP contribution in [0.4, 0.5) is 0 Å². The number of rotatable bonds is 2. The molecule has 4 nitrogen and oxygen atoms in total. The van der Waals surface area contributed by atoms with E-state index in [1.54, 1.807) is 0 Å². The fourth-order valence-electron chi connectivity index (χ4n) is 2.99. The Hall–Kier alpha value is -1.58. The lowest BCUT2D eigenvalue weighted by molar-refractivity contribution is -0.149. The first-order valence-electron chi connectivity index (χ1n) is 8.72. The molecule has 0 heterocycles. The van der Waals surface area contributed by atoms with Crippen LogP contribution >= 0.6 is 0 Å². The highest BCUT2D eigenvalue weighted by molar-refractivity contribution is 5.74. The number of hydrogen-bond acceptors (Lipinski definition) is 2. The topological polar surface area (TPSA) is 74.6 Å². The number of allylic oxidation sites excluding steroid dienone is 4. The summed E-state index contributed by atoms with van der Waals surface area (Å²) in [7, 11) is 0. The maximum Gasteiger partial charge on any atom is 0.309 e. The molecule has 2 aliphatic carbocycles. The molecule has 2 N–H and O–H groups in total. The molecule has 23 heavy (non-hydrogen) atoms. The summed E-state index contributed by atoms with van der Waals surface area (Å²) in [5, 5.41) is 17.7. The largest absolute Gasteiger partial charge is 0.481 e. The van der Waals surface area contributed by atoms with Crippen molar-refractivity contribution in [3.05, 3.63) is 24.3 Å². The van der Waals surface area contributed by atoms with Crippen LogP contribution < -0.4 is 0 Å². The van der Waals surface area contributed by atoms with E-state index in [9.17, 15) is 9.59 Å². The standard InChI is InChI=1S/C10H16O2.C9H14O2/c1-10(9(11)12)7-5-3-2-4-6-8-10;10-9(11)8-6-4-2-1-3-5-7-8/h2-3H,4-8H2,1H3,(H,11,12);1-2,8H,3-7H2,(H,10,11)/b3-2-;2-1-. The smallest absolute Gasteiger partial charge is 0.309 e. The summed E-state index contributed by atoms with van der Waals surface area (Å²) in [6, 6.07) is 0. The SMILES string of the molecule is CC1(C(=O)O)CC/C=C\CCC1.O=C(O)C1CC/C=C\CCC1. The maximum absolute atomic E-state index is 10.9. The van der Waals surface area contributed by atoms with Gasteiger partial charge in [-0.15, -0.1) is 0 Å². The molecule has 0 spiro atoms. The number of carboxylic acid groups (broad SMARTS) is 2. The average Bonchev–Trinajstić information content (AvgIpc) is 2.42. The molecule has 0 saturated carbocycles. The summed E-state index contributed by atoms with van der Waals surface area (Å²) in [6.07, 6.45) is 17.7. The molecule has 0 bridgehead atoms. The second-order valence-electron chi connectivity index (χ2n) is 6.78. The van der Waals surface area contributed by atoms with Crippen molar-refractivity contribution in [3.63, 3.8) is 0 Å². The quantitative estimate of drug-likeness (QED) is 0.716. The van der Waals surface area contributed by atoms with Crippen molar-refractivity contribution in [2.24, 2.45) is 11.3 Å². The van der Waals surface area contributed by atoms with Crippen LogP contribution in [-0.2, 0) is 9.59 Å². The molecule has 2 aliphatic rings. The fraction of sp³-hybridized carbons (Fsp3) is 0.684. The van der Waals surface area contributed by atoms with E-state index < -0.39 is 17.4 Å². The number of carboxylic acids is 2. The highest BCUT2D eigenvalue weighted by atomic mass is 16.4. The molecule has 0 aromatic rings. The van der Waals surface area contributed by atoms with Crippen molar-refractivity contribution in [1.29, 1.82) is 0 Å². The number of hydrogen-bond donors (Lipinski definition) is 2. The summed E-state index contributed by atoms with van der Waals surface area (Å²) in [6.45, 7) is 1.86. The van der Waals surface area contributed by atoms with Gasteiger partial charge in [-0.05, 0) is 71.1 Å². The lowest BCUT2D eigenvalue weighted by Crippen LogP contribution is -2.27. The van der Waals surface area contributed by atoms with Crippen LogP contribution in [0.2, 0.25) is 0 Å². The Balaban J connectivity index is 0.000000231. The van der Waals surface area contributed by atoms with Gasteiger partial charge in [-0.3, -0.25) is 9.59 Å². The molecular weight excluding hydrogens is 292 g/mol. The first-order valence-corrected chi connectivity index (χ1v) is 8.72. The zero-order chi connectivity index (χ0) is 17.1. The molecule has 0 saturated heterocycles. The minimum Gasteiger partial charge on any atom is -0.481 e. The minimum atomic E-state index is -0.641. The van der Waals surface area contributed by atoms with Crippen LogP contribution in [0.5, 0.6) is 0 Å². The van der Waals surface area contributed by atoms with Crippen molar-refractivity contribution in [1.82, 2.24) is 0 Å². The Bertz CT molecular complexity index is 439. The van der Waals surface area contributed by atoms with Crippen molar-refractivity contribution >= 4 is 11.9 Å². The van der Waals surface area contributed by atoms with E-state index in [1.165, 1.54) is 0 Å². The van der Waals surface area contributed by atoms with E-state index >= 15 is 0 Å². The predicted molar refractivity (Wildman–Crippen MR) is 91.3 cm³/mol. The van der Waals surface area contributed by atoms with Gasteiger partial charge in [-0.2, -0.15) is 0 Å². The lowest BCUT2D eigenvalue weighted by atomic mass is 9.79. The molecule has 0 fully saturated rings. The van der Waals surface area contributed by atoms with Crippen molar-refractivity contribution in [2.45, 2.75) is 71.1 Å². The molecular formula is C19H30O4. The molecule has 2 unspecified atom stereocenters. The minimum absolute atomic E-state index is 0.0973. The molecule has 2 rings (SSSR count). The molecule has 2 atom stereocenters. The summed E-state index contributed by atoms with van der Waals surface area (Å²) in [4.78, 5) is 21.5. The predicted octanol–water partition coefficient (Wildman–Crippen LogP) is 4.81. The van der Waals surface area contributed by atoms with Crippen LogP contribution in [0.1, 0.15) is 71.1 Å². The van der Waals surface area contributed by atoms with E-state index in [0.717, 1.165) is 64.2 Å². The van der Waals surface area contributed by atoms with Crippen LogP contribution in [0.25, 0.3) is 0 Å². The zero-order valence-corrected chi connectivity index (χ0v) is 14.2. The Morgan fingerprint density at radius 2 is 1.48 bits per heavy atom. The zero-order valence-electron chi connectivity index (χ0n) is 14.2. The van der Waals surface area contributed by atoms with Crippen LogP contribution in [0.15, 0.2) is 24.3 Å². The third-order valence-electron chi connectivity index (χ3n) is 4.77. The Morgan fingerprint density at radius 3 is 2.13 bits per heavy atom. The number of aliphatic carboxylic acids is 2. The van der Waals surface area contributed by atoms with Crippen LogP contribution in [0.3, 0.4) is 0 Å². The Labute approximate surface area is 139 Å². The van der Waals surface area contributed by atoms with Crippen LogP contribution in [0, 0.1) is 11.3 Å². The second kappa shape index (κ2) is 10.2. The van der Waals surface area contributed by atoms with E-state index in [4.69, 9.17) is 10.2 Å². The molecule has 0 aromatic carbocycles. The lowest BCUT2D eigenvalue weighted by Gasteiger charge is -2.24. The summed E-state index contributed by atoms with van der Waals surface area (Å²) in [5.41, 5.74) is -0.481. The Morgan fingerprint density at radius 1 is 0.870 bits per heavy atom. The first-order chi connectivity index (χ1) is 11.0.